The lowest BCUT2D eigenvalue weighted by molar-refractivity contribution is -0.137. The van der Waals surface area contributed by atoms with Crippen molar-refractivity contribution in [2.75, 3.05) is 34.4 Å². The molecule has 1 amide bonds. The van der Waals surface area contributed by atoms with Crippen molar-refractivity contribution >= 4 is 12.0 Å². The first-order chi connectivity index (χ1) is 11.5. The lowest BCUT2D eigenvalue weighted by atomic mass is 10.1. The number of carbonyl (C=O) groups is 1. The summed E-state index contributed by atoms with van der Waals surface area (Å²) in [5.74, 6) is 1.60. The average molecular weight is 335 g/mol. The summed E-state index contributed by atoms with van der Waals surface area (Å²) in [6.45, 7) is 5.14. The SMILES string of the molecule is COc1cc(C=CC(=O)N2CC(C)OC(C)C2)cc(OC)c1OC. The van der Waals surface area contributed by atoms with Gasteiger partial charge in [0.1, 0.15) is 0 Å². The van der Waals surface area contributed by atoms with Crippen LogP contribution in [-0.2, 0) is 9.53 Å². The molecule has 0 aromatic heterocycles. The van der Waals surface area contributed by atoms with E-state index in [2.05, 4.69) is 0 Å². The molecule has 0 radical (unpaired) electrons. The van der Waals surface area contributed by atoms with Crippen LogP contribution in [-0.4, -0.2) is 57.4 Å². The molecule has 0 saturated carbocycles. The Morgan fingerprint density at radius 1 is 1.08 bits per heavy atom. The zero-order valence-corrected chi connectivity index (χ0v) is 14.9. The second-order valence-electron chi connectivity index (χ2n) is 5.79. The third kappa shape index (κ3) is 4.20. The van der Waals surface area contributed by atoms with E-state index in [1.807, 2.05) is 13.8 Å². The summed E-state index contributed by atoms with van der Waals surface area (Å²) in [6, 6.07) is 3.60. The van der Waals surface area contributed by atoms with Crippen molar-refractivity contribution < 1.29 is 23.7 Å². The van der Waals surface area contributed by atoms with Gasteiger partial charge in [0.15, 0.2) is 11.5 Å². The fraction of sp³-hybridized carbons (Fsp3) is 0.500. The zero-order chi connectivity index (χ0) is 17.7. The van der Waals surface area contributed by atoms with E-state index in [1.54, 1.807) is 50.5 Å². The van der Waals surface area contributed by atoms with Crippen LogP contribution in [0.2, 0.25) is 0 Å². The molecule has 1 aromatic rings. The van der Waals surface area contributed by atoms with Gasteiger partial charge in [-0.25, -0.2) is 0 Å². The fourth-order valence-electron chi connectivity index (χ4n) is 2.83. The summed E-state index contributed by atoms with van der Waals surface area (Å²) < 4.78 is 21.6. The number of carbonyl (C=O) groups excluding carboxylic acids is 1. The first-order valence-corrected chi connectivity index (χ1v) is 7.91. The van der Waals surface area contributed by atoms with E-state index in [0.717, 1.165) is 5.56 Å². The Morgan fingerprint density at radius 3 is 2.08 bits per heavy atom. The highest BCUT2D eigenvalue weighted by Crippen LogP contribution is 2.38. The van der Waals surface area contributed by atoms with Gasteiger partial charge in [-0.2, -0.15) is 0 Å². The molecule has 1 aliphatic rings. The molecule has 1 fully saturated rings. The topological polar surface area (TPSA) is 57.2 Å². The van der Waals surface area contributed by atoms with E-state index in [-0.39, 0.29) is 18.1 Å². The third-order valence-electron chi connectivity index (χ3n) is 3.84. The van der Waals surface area contributed by atoms with Crippen molar-refractivity contribution in [3.8, 4) is 17.2 Å². The maximum atomic E-state index is 12.4. The number of rotatable bonds is 5. The quantitative estimate of drug-likeness (QED) is 0.773. The number of ether oxygens (including phenoxy) is 4. The van der Waals surface area contributed by atoms with Crippen molar-refractivity contribution in [1.82, 2.24) is 4.90 Å². The molecule has 6 nitrogen and oxygen atoms in total. The Kier molecular flexibility index (Phi) is 6.09. The van der Waals surface area contributed by atoms with Crippen LogP contribution in [0, 0.1) is 0 Å². The standard InChI is InChI=1S/C18H25NO5/c1-12-10-19(11-13(2)24-12)17(20)7-6-14-8-15(21-3)18(23-5)16(9-14)22-4/h6-9,12-13H,10-11H2,1-5H3. The van der Waals surface area contributed by atoms with Crippen molar-refractivity contribution in [2.24, 2.45) is 0 Å². The highest BCUT2D eigenvalue weighted by atomic mass is 16.5. The molecule has 0 aliphatic carbocycles. The average Bonchev–Trinajstić information content (AvgIpc) is 2.57. The van der Waals surface area contributed by atoms with Crippen molar-refractivity contribution in [2.45, 2.75) is 26.1 Å². The number of hydrogen-bond acceptors (Lipinski definition) is 5. The first-order valence-electron chi connectivity index (χ1n) is 7.91. The predicted octanol–water partition coefficient (Wildman–Crippen LogP) is 2.36. The normalized spacial score (nSPS) is 21.0. The van der Waals surface area contributed by atoms with Gasteiger partial charge in [0.05, 0.1) is 33.5 Å². The van der Waals surface area contributed by atoms with Gasteiger partial charge in [-0.3, -0.25) is 4.79 Å². The van der Waals surface area contributed by atoms with Gasteiger partial charge in [-0.1, -0.05) is 0 Å². The van der Waals surface area contributed by atoms with Crippen LogP contribution in [0.15, 0.2) is 18.2 Å². The second kappa shape index (κ2) is 8.06. The molecule has 0 N–H and O–H groups in total. The van der Waals surface area contributed by atoms with Crippen LogP contribution in [0.1, 0.15) is 19.4 Å². The van der Waals surface area contributed by atoms with Crippen LogP contribution in [0.3, 0.4) is 0 Å². The summed E-state index contributed by atoms with van der Waals surface area (Å²) in [7, 11) is 4.68. The smallest absolute Gasteiger partial charge is 0.246 e. The summed E-state index contributed by atoms with van der Waals surface area (Å²) in [5.41, 5.74) is 0.798. The molecule has 0 bridgehead atoms. The van der Waals surface area contributed by atoms with Crippen LogP contribution in [0.4, 0.5) is 0 Å². The van der Waals surface area contributed by atoms with E-state index in [0.29, 0.717) is 30.3 Å². The maximum absolute atomic E-state index is 12.4. The van der Waals surface area contributed by atoms with E-state index < -0.39 is 0 Å². The van der Waals surface area contributed by atoms with Gasteiger partial charge in [-0.15, -0.1) is 0 Å². The molecule has 2 rings (SSSR count). The monoisotopic (exact) mass is 335 g/mol. The molecule has 2 unspecified atom stereocenters. The molecule has 0 spiro atoms. The van der Waals surface area contributed by atoms with E-state index in [9.17, 15) is 4.79 Å². The molecular formula is C18H25NO5. The number of morpholine rings is 1. The summed E-state index contributed by atoms with van der Waals surface area (Å²) in [5, 5.41) is 0. The minimum atomic E-state index is -0.0363. The van der Waals surface area contributed by atoms with Gasteiger partial charge in [-0.05, 0) is 37.6 Å². The van der Waals surface area contributed by atoms with Crippen molar-refractivity contribution in [3.05, 3.63) is 23.8 Å². The lowest BCUT2D eigenvalue weighted by Gasteiger charge is -2.34. The first kappa shape index (κ1) is 18.1. The van der Waals surface area contributed by atoms with Crippen LogP contribution in [0.5, 0.6) is 17.2 Å². The molecule has 132 valence electrons. The predicted molar refractivity (Wildman–Crippen MR) is 91.7 cm³/mol. The highest BCUT2D eigenvalue weighted by molar-refractivity contribution is 5.92. The van der Waals surface area contributed by atoms with Crippen LogP contribution < -0.4 is 14.2 Å². The minimum absolute atomic E-state index is 0.0363. The number of methoxy groups -OCH3 is 3. The number of hydrogen-bond donors (Lipinski definition) is 0. The lowest BCUT2D eigenvalue weighted by Crippen LogP contribution is -2.47. The van der Waals surface area contributed by atoms with Gasteiger partial charge < -0.3 is 23.8 Å². The van der Waals surface area contributed by atoms with Gasteiger partial charge in [0, 0.05) is 19.2 Å². The highest BCUT2D eigenvalue weighted by Gasteiger charge is 2.24. The van der Waals surface area contributed by atoms with E-state index in [1.165, 1.54) is 0 Å². The molecule has 1 saturated heterocycles. The largest absolute Gasteiger partial charge is 0.493 e. The molecule has 2 atom stereocenters. The molecular weight excluding hydrogens is 310 g/mol. The second-order valence-corrected chi connectivity index (χ2v) is 5.79. The number of benzene rings is 1. The third-order valence-corrected chi connectivity index (χ3v) is 3.84. The Labute approximate surface area is 142 Å². The summed E-state index contributed by atoms with van der Waals surface area (Å²) in [6.07, 6.45) is 3.41. The Bertz CT molecular complexity index is 578. The Hall–Kier alpha value is -2.21. The van der Waals surface area contributed by atoms with E-state index >= 15 is 0 Å². The molecule has 1 aliphatic heterocycles. The summed E-state index contributed by atoms with van der Waals surface area (Å²) in [4.78, 5) is 14.2. The molecule has 1 heterocycles. The minimum Gasteiger partial charge on any atom is -0.493 e. The Balaban J connectivity index is 2.17. The maximum Gasteiger partial charge on any atom is 0.246 e. The van der Waals surface area contributed by atoms with Crippen LogP contribution >= 0.6 is 0 Å². The zero-order valence-electron chi connectivity index (χ0n) is 14.9. The number of amides is 1. The number of nitrogens with zero attached hydrogens (tertiary/aromatic N) is 1. The fourth-order valence-corrected chi connectivity index (χ4v) is 2.83. The molecule has 6 heteroatoms. The van der Waals surface area contributed by atoms with E-state index in [4.69, 9.17) is 18.9 Å². The molecule has 1 aromatic carbocycles. The van der Waals surface area contributed by atoms with Crippen molar-refractivity contribution in [3.63, 3.8) is 0 Å². The van der Waals surface area contributed by atoms with Crippen LogP contribution in [0.25, 0.3) is 6.08 Å². The van der Waals surface area contributed by atoms with Gasteiger partial charge in [0.25, 0.3) is 0 Å². The van der Waals surface area contributed by atoms with Gasteiger partial charge in [0.2, 0.25) is 11.7 Å². The Morgan fingerprint density at radius 2 is 1.62 bits per heavy atom. The van der Waals surface area contributed by atoms with Gasteiger partial charge >= 0.3 is 0 Å². The van der Waals surface area contributed by atoms with Crippen molar-refractivity contribution in [1.29, 1.82) is 0 Å². The molecule has 24 heavy (non-hydrogen) atoms. The summed E-state index contributed by atoms with van der Waals surface area (Å²) >= 11 is 0.